The number of carbonyl (C=O) groups is 2. The van der Waals surface area contributed by atoms with Crippen LogP contribution in [0.4, 0.5) is 4.79 Å². The number of rotatable bonds is 3. The van der Waals surface area contributed by atoms with Crippen molar-refractivity contribution in [1.82, 2.24) is 4.90 Å². The number of amides is 1. The highest BCUT2D eigenvalue weighted by Gasteiger charge is 2.38. The van der Waals surface area contributed by atoms with Crippen molar-refractivity contribution in [2.45, 2.75) is 38.9 Å². The molecule has 104 valence electrons. The summed E-state index contributed by atoms with van der Waals surface area (Å²) in [6, 6.07) is 0. The normalized spacial score (nSPS) is 24.1. The monoisotopic (exact) mass is 259 g/mol. The van der Waals surface area contributed by atoms with E-state index in [0.29, 0.717) is 13.1 Å². The molecule has 1 saturated heterocycles. The number of likely N-dealkylation sites (tertiary alicyclic amines) is 1. The first kappa shape index (κ1) is 14.8. The van der Waals surface area contributed by atoms with E-state index in [1.807, 2.05) is 0 Å². The number of methoxy groups -OCH3 is 1. The SMILES string of the molecule is COC1CN(C(=O)OC(C)(C)C)CC1CC(=O)O. The van der Waals surface area contributed by atoms with Gasteiger partial charge in [0, 0.05) is 19.6 Å². The molecular formula is C12H21NO5. The Bertz CT molecular complexity index is 323. The molecule has 1 aliphatic rings. The first-order valence-electron chi connectivity index (χ1n) is 5.95. The summed E-state index contributed by atoms with van der Waals surface area (Å²) < 4.78 is 10.5. The summed E-state index contributed by atoms with van der Waals surface area (Å²) in [5, 5.41) is 8.81. The lowest BCUT2D eigenvalue weighted by Gasteiger charge is -2.24. The Morgan fingerprint density at radius 1 is 1.33 bits per heavy atom. The molecule has 1 heterocycles. The maximum atomic E-state index is 11.9. The van der Waals surface area contributed by atoms with Gasteiger partial charge in [-0.25, -0.2) is 4.79 Å². The van der Waals surface area contributed by atoms with Crippen molar-refractivity contribution in [3.05, 3.63) is 0 Å². The fourth-order valence-electron chi connectivity index (χ4n) is 2.00. The standard InChI is InChI=1S/C12H21NO5/c1-12(2,3)18-11(16)13-6-8(5-10(14)15)9(7-13)17-4/h8-9H,5-7H2,1-4H3,(H,14,15). The largest absolute Gasteiger partial charge is 0.481 e. The summed E-state index contributed by atoms with van der Waals surface area (Å²) in [7, 11) is 1.53. The predicted molar refractivity (Wildman–Crippen MR) is 64.3 cm³/mol. The van der Waals surface area contributed by atoms with Gasteiger partial charge in [-0.15, -0.1) is 0 Å². The average Bonchev–Trinajstić information content (AvgIpc) is 2.57. The maximum absolute atomic E-state index is 11.9. The van der Waals surface area contributed by atoms with Gasteiger partial charge in [0.1, 0.15) is 5.60 Å². The van der Waals surface area contributed by atoms with Gasteiger partial charge in [-0.05, 0) is 20.8 Å². The maximum Gasteiger partial charge on any atom is 0.410 e. The van der Waals surface area contributed by atoms with E-state index in [-0.39, 0.29) is 18.4 Å². The number of aliphatic carboxylic acids is 1. The lowest BCUT2D eigenvalue weighted by molar-refractivity contribution is -0.138. The van der Waals surface area contributed by atoms with Crippen LogP contribution in [0, 0.1) is 5.92 Å². The third-order valence-corrected chi connectivity index (χ3v) is 2.77. The van der Waals surface area contributed by atoms with Crippen LogP contribution >= 0.6 is 0 Å². The van der Waals surface area contributed by atoms with Crippen LogP contribution in [0.25, 0.3) is 0 Å². The van der Waals surface area contributed by atoms with Gasteiger partial charge in [-0.2, -0.15) is 0 Å². The molecule has 1 rings (SSSR count). The van der Waals surface area contributed by atoms with Crippen LogP contribution in [0.15, 0.2) is 0 Å². The summed E-state index contributed by atoms with van der Waals surface area (Å²) in [5.74, 6) is -1.06. The van der Waals surface area contributed by atoms with Crippen LogP contribution in [0.2, 0.25) is 0 Å². The molecule has 18 heavy (non-hydrogen) atoms. The molecule has 1 amide bonds. The zero-order chi connectivity index (χ0) is 13.9. The molecular weight excluding hydrogens is 238 g/mol. The molecule has 0 bridgehead atoms. The minimum absolute atomic E-state index is 0.00218. The number of carboxylic acids is 1. The Kier molecular flexibility index (Phi) is 4.56. The predicted octanol–water partition coefficient (Wildman–Crippen LogP) is 1.34. The quantitative estimate of drug-likeness (QED) is 0.827. The Morgan fingerprint density at radius 3 is 2.39 bits per heavy atom. The topological polar surface area (TPSA) is 76.1 Å². The number of carbonyl (C=O) groups excluding carboxylic acids is 1. The fraction of sp³-hybridized carbons (Fsp3) is 0.833. The lowest BCUT2D eigenvalue weighted by atomic mass is 10.0. The first-order valence-corrected chi connectivity index (χ1v) is 5.95. The molecule has 0 radical (unpaired) electrons. The first-order chi connectivity index (χ1) is 8.23. The number of nitrogens with zero attached hydrogens (tertiary/aromatic N) is 1. The number of ether oxygens (including phenoxy) is 2. The zero-order valence-electron chi connectivity index (χ0n) is 11.3. The van der Waals surface area contributed by atoms with E-state index < -0.39 is 17.7 Å². The molecule has 0 aromatic carbocycles. The van der Waals surface area contributed by atoms with E-state index in [0.717, 1.165) is 0 Å². The summed E-state index contributed by atoms with van der Waals surface area (Å²) in [6.07, 6.45) is -0.663. The van der Waals surface area contributed by atoms with Crippen molar-refractivity contribution in [2.75, 3.05) is 20.2 Å². The highest BCUT2D eigenvalue weighted by atomic mass is 16.6. The molecule has 6 heteroatoms. The third kappa shape index (κ3) is 4.18. The molecule has 0 aromatic rings. The molecule has 0 aromatic heterocycles. The number of hydrogen-bond acceptors (Lipinski definition) is 4. The van der Waals surface area contributed by atoms with E-state index in [1.165, 1.54) is 12.0 Å². The van der Waals surface area contributed by atoms with Gasteiger partial charge in [-0.3, -0.25) is 4.79 Å². The van der Waals surface area contributed by atoms with Gasteiger partial charge < -0.3 is 19.5 Å². The Labute approximate surface area is 107 Å². The van der Waals surface area contributed by atoms with Crippen LogP contribution < -0.4 is 0 Å². The van der Waals surface area contributed by atoms with E-state index >= 15 is 0 Å². The second kappa shape index (κ2) is 5.56. The van der Waals surface area contributed by atoms with Gasteiger partial charge in [0.05, 0.1) is 19.1 Å². The molecule has 2 unspecified atom stereocenters. The van der Waals surface area contributed by atoms with Gasteiger partial charge in [0.25, 0.3) is 0 Å². The van der Waals surface area contributed by atoms with Crippen molar-refractivity contribution in [2.24, 2.45) is 5.92 Å². The average molecular weight is 259 g/mol. The second-order valence-electron chi connectivity index (χ2n) is 5.52. The molecule has 6 nitrogen and oxygen atoms in total. The number of hydrogen-bond donors (Lipinski definition) is 1. The second-order valence-corrected chi connectivity index (χ2v) is 5.52. The summed E-state index contributed by atoms with van der Waals surface area (Å²) in [4.78, 5) is 24.1. The van der Waals surface area contributed by atoms with Gasteiger partial charge in [-0.1, -0.05) is 0 Å². The molecule has 0 aliphatic carbocycles. The highest BCUT2D eigenvalue weighted by Crippen LogP contribution is 2.24. The zero-order valence-corrected chi connectivity index (χ0v) is 11.3. The smallest absolute Gasteiger partial charge is 0.410 e. The summed E-state index contributed by atoms with van der Waals surface area (Å²) in [6.45, 7) is 6.12. The molecule has 1 aliphatic heterocycles. The van der Waals surface area contributed by atoms with Crippen molar-refractivity contribution in [3.63, 3.8) is 0 Å². The van der Waals surface area contributed by atoms with E-state index in [4.69, 9.17) is 14.6 Å². The fourth-order valence-corrected chi connectivity index (χ4v) is 2.00. The summed E-state index contributed by atoms with van der Waals surface area (Å²) in [5.41, 5.74) is -0.551. The molecule has 1 fully saturated rings. The van der Waals surface area contributed by atoms with Crippen molar-refractivity contribution in [1.29, 1.82) is 0 Å². The molecule has 0 spiro atoms. The van der Waals surface area contributed by atoms with Gasteiger partial charge in [0.15, 0.2) is 0 Å². The van der Waals surface area contributed by atoms with E-state index in [9.17, 15) is 9.59 Å². The lowest BCUT2D eigenvalue weighted by Crippen LogP contribution is -2.36. The molecule has 1 N–H and O–H groups in total. The van der Waals surface area contributed by atoms with Crippen LogP contribution in [0.5, 0.6) is 0 Å². The Hall–Kier alpha value is -1.30. The van der Waals surface area contributed by atoms with Crippen molar-refractivity contribution in [3.8, 4) is 0 Å². The van der Waals surface area contributed by atoms with Gasteiger partial charge >= 0.3 is 12.1 Å². The van der Waals surface area contributed by atoms with E-state index in [1.54, 1.807) is 20.8 Å². The minimum Gasteiger partial charge on any atom is -0.481 e. The molecule has 2 atom stereocenters. The van der Waals surface area contributed by atoms with Crippen LogP contribution in [0.3, 0.4) is 0 Å². The van der Waals surface area contributed by atoms with Gasteiger partial charge in [0.2, 0.25) is 0 Å². The minimum atomic E-state index is -0.881. The van der Waals surface area contributed by atoms with Crippen LogP contribution in [-0.2, 0) is 14.3 Å². The Morgan fingerprint density at radius 2 is 1.94 bits per heavy atom. The van der Waals surface area contributed by atoms with Crippen molar-refractivity contribution < 1.29 is 24.2 Å². The number of carboxylic acid groups (broad SMARTS) is 1. The Balaban J connectivity index is 2.60. The summed E-state index contributed by atoms with van der Waals surface area (Å²) >= 11 is 0. The van der Waals surface area contributed by atoms with Crippen molar-refractivity contribution >= 4 is 12.1 Å². The molecule has 0 saturated carbocycles. The third-order valence-electron chi connectivity index (χ3n) is 2.77. The van der Waals surface area contributed by atoms with Crippen LogP contribution in [-0.4, -0.2) is 54.0 Å². The highest BCUT2D eigenvalue weighted by molar-refractivity contribution is 5.70. The van der Waals surface area contributed by atoms with Crippen LogP contribution in [0.1, 0.15) is 27.2 Å². The van der Waals surface area contributed by atoms with E-state index in [2.05, 4.69) is 0 Å².